The standard InChI is InChI=1S/C11H15NO6S/c1-16-8-4-5-10(9(6-8)17-2)19(14,15)12-7-11(13)18-3/h4-6,12H,7H2,1-3H3. The minimum absolute atomic E-state index is 0.0836. The van der Waals surface area contributed by atoms with E-state index in [-0.39, 0.29) is 10.6 Å². The maximum atomic E-state index is 12.0. The predicted molar refractivity (Wildman–Crippen MR) is 66.8 cm³/mol. The molecular formula is C11H15NO6S. The molecule has 1 N–H and O–H groups in total. The fraction of sp³-hybridized carbons (Fsp3) is 0.364. The van der Waals surface area contributed by atoms with Crippen molar-refractivity contribution in [3.8, 4) is 11.5 Å². The van der Waals surface area contributed by atoms with Crippen molar-refractivity contribution in [3.05, 3.63) is 18.2 Å². The highest BCUT2D eigenvalue weighted by Crippen LogP contribution is 2.27. The molecule has 0 aliphatic heterocycles. The highest BCUT2D eigenvalue weighted by atomic mass is 32.2. The first-order valence-corrected chi connectivity index (χ1v) is 6.71. The summed E-state index contributed by atoms with van der Waals surface area (Å²) in [5, 5.41) is 0. The Morgan fingerprint density at radius 1 is 1.21 bits per heavy atom. The molecule has 0 saturated carbocycles. The Bertz CT molecular complexity index is 554. The number of ether oxygens (including phenoxy) is 3. The molecule has 0 radical (unpaired) electrons. The number of hydrogen-bond donors (Lipinski definition) is 1. The van der Waals surface area contributed by atoms with Gasteiger partial charge in [0, 0.05) is 6.07 Å². The number of methoxy groups -OCH3 is 3. The van der Waals surface area contributed by atoms with Gasteiger partial charge in [-0.15, -0.1) is 0 Å². The van der Waals surface area contributed by atoms with Crippen LogP contribution in [-0.2, 0) is 19.6 Å². The Labute approximate surface area is 111 Å². The SMILES string of the molecule is COC(=O)CNS(=O)(=O)c1ccc(OC)cc1OC. The molecule has 19 heavy (non-hydrogen) atoms. The summed E-state index contributed by atoms with van der Waals surface area (Å²) in [5.41, 5.74) is 0. The van der Waals surface area contributed by atoms with Crippen LogP contribution in [0.4, 0.5) is 0 Å². The number of esters is 1. The third kappa shape index (κ3) is 3.83. The molecule has 0 aromatic heterocycles. The van der Waals surface area contributed by atoms with Gasteiger partial charge < -0.3 is 14.2 Å². The zero-order chi connectivity index (χ0) is 14.5. The number of hydrogen-bond acceptors (Lipinski definition) is 6. The molecule has 0 aliphatic rings. The lowest BCUT2D eigenvalue weighted by atomic mass is 10.3. The quantitative estimate of drug-likeness (QED) is 0.750. The second kappa shape index (κ2) is 6.39. The van der Waals surface area contributed by atoms with Gasteiger partial charge in [-0.3, -0.25) is 4.79 Å². The Balaban J connectivity index is 3.03. The van der Waals surface area contributed by atoms with Crippen molar-refractivity contribution < 1.29 is 27.4 Å². The average molecular weight is 289 g/mol. The third-order valence-corrected chi connectivity index (χ3v) is 3.74. The van der Waals surface area contributed by atoms with Crippen molar-refractivity contribution in [1.82, 2.24) is 4.72 Å². The summed E-state index contributed by atoms with van der Waals surface area (Å²) >= 11 is 0. The molecule has 8 heteroatoms. The Kier molecular flexibility index (Phi) is 5.13. The van der Waals surface area contributed by atoms with E-state index in [1.165, 1.54) is 39.5 Å². The minimum Gasteiger partial charge on any atom is -0.497 e. The fourth-order valence-corrected chi connectivity index (χ4v) is 2.42. The van der Waals surface area contributed by atoms with E-state index in [1.54, 1.807) is 0 Å². The lowest BCUT2D eigenvalue weighted by Gasteiger charge is -2.11. The topological polar surface area (TPSA) is 90.9 Å². The number of carbonyl (C=O) groups excluding carboxylic acids is 1. The van der Waals surface area contributed by atoms with E-state index in [0.717, 1.165) is 0 Å². The van der Waals surface area contributed by atoms with Crippen LogP contribution in [0.1, 0.15) is 0 Å². The summed E-state index contributed by atoms with van der Waals surface area (Å²) in [4.78, 5) is 10.9. The molecule has 1 aromatic rings. The first kappa shape index (κ1) is 15.3. The van der Waals surface area contributed by atoms with E-state index in [2.05, 4.69) is 9.46 Å². The lowest BCUT2D eigenvalue weighted by molar-refractivity contribution is -0.139. The van der Waals surface area contributed by atoms with Crippen LogP contribution in [0.25, 0.3) is 0 Å². The van der Waals surface area contributed by atoms with E-state index in [1.807, 2.05) is 0 Å². The molecule has 0 heterocycles. The van der Waals surface area contributed by atoms with Gasteiger partial charge in [0.2, 0.25) is 10.0 Å². The van der Waals surface area contributed by atoms with E-state index in [9.17, 15) is 13.2 Å². The molecule has 0 atom stereocenters. The van der Waals surface area contributed by atoms with E-state index in [0.29, 0.717) is 5.75 Å². The van der Waals surface area contributed by atoms with E-state index < -0.39 is 22.5 Å². The summed E-state index contributed by atoms with van der Waals surface area (Å²) < 4.78 is 40.4. The molecule has 0 spiro atoms. The highest BCUT2D eigenvalue weighted by Gasteiger charge is 2.21. The van der Waals surface area contributed by atoms with Crippen LogP contribution < -0.4 is 14.2 Å². The largest absolute Gasteiger partial charge is 0.497 e. The van der Waals surface area contributed by atoms with Crippen LogP contribution in [0.5, 0.6) is 11.5 Å². The molecule has 0 saturated heterocycles. The van der Waals surface area contributed by atoms with Gasteiger partial charge in [-0.2, -0.15) is 4.72 Å². The van der Waals surface area contributed by atoms with Crippen LogP contribution in [0.2, 0.25) is 0 Å². The van der Waals surface area contributed by atoms with Crippen molar-refractivity contribution in [2.75, 3.05) is 27.9 Å². The number of benzene rings is 1. The average Bonchev–Trinajstić information content (AvgIpc) is 2.43. The molecule has 0 amide bonds. The van der Waals surface area contributed by atoms with Gasteiger partial charge in [-0.1, -0.05) is 0 Å². The number of carbonyl (C=O) groups is 1. The molecule has 0 unspecified atom stereocenters. The maximum absolute atomic E-state index is 12.0. The highest BCUT2D eigenvalue weighted by molar-refractivity contribution is 7.89. The fourth-order valence-electron chi connectivity index (χ4n) is 1.30. The van der Waals surface area contributed by atoms with Crippen LogP contribution in [-0.4, -0.2) is 42.3 Å². The summed E-state index contributed by atoms with van der Waals surface area (Å²) in [5.74, 6) is -0.100. The van der Waals surface area contributed by atoms with Crippen molar-refractivity contribution in [2.24, 2.45) is 0 Å². The molecular weight excluding hydrogens is 274 g/mol. The van der Waals surface area contributed by atoms with Crippen molar-refractivity contribution >= 4 is 16.0 Å². The van der Waals surface area contributed by atoms with Crippen molar-refractivity contribution in [2.45, 2.75) is 4.90 Å². The second-order valence-electron chi connectivity index (χ2n) is 3.42. The van der Waals surface area contributed by atoms with Crippen LogP contribution >= 0.6 is 0 Å². The van der Waals surface area contributed by atoms with Crippen LogP contribution in [0, 0.1) is 0 Å². The first-order chi connectivity index (χ1) is 8.94. The van der Waals surface area contributed by atoms with E-state index >= 15 is 0 Å². The molecule has 0 aliphatic carbocycles. The first-order valence-electron chi connectivity index (χ1n) is 5.23. The van der Waals surface area contributed by atoms with Crippen molar-refractivity contribution in [3.63, 3.8) is 0 Å². The Morgan fingerprint density at radius 3 is 2.42 bits per heavy atom. The second-order valence-corrected chi connectivity index (χ2v) is 5.15. The molecule has 0 fully saturated rings. The van der Waals surface area contributed by atoms with Gasteiger partial charge in [0.05, 0.1) is 21.3 Å². The predicted octanol–water partition coefficient (Wildman–Crippen LogP) is 0.155. The number of sulfonamides is 1. The smallest absolute Gasteiger partial charge is 0.320 e. The number of rotatable bonds is 6. The molecule has 0 bridgehead atoms. The van der Waals surface area contributed by atoms with Crippen LogP contribution in [0.3, 0.4) is 0 Å². The minimum atomic E-state index is -3.86. The van der Waals surface area contributed by atoms with Gasteiger partial charge in [-0.05, 0) is 12.1 Å². The summed E-state index contributed by atoms with van der Waals surface area (Å²) in [6.07, 6.45) is 0. The Morgan fingerprint density at radius 2 is 1.89 bits per heavy atom. The van der Waals surface area contributed by atoms with Crippen molar-refractivity contribution in [1.29, 1.82) is 0 Å². The van der Waals surface area contributed by atoms with Gasteiger partial charge in [0.1, 0.15) is 22.9 Å². The molecule has 106 valence electrons. The number of nitrogens with one attached hydrogen (secondary N) is 1. The van der Waals surface area contributed by atoms with Gasteiger partial charge in [0.25, 0.3) is 0 Å². The summed E-state index contributed by atoms with van der Waals surface area (Å²) in [7, 11) is 0.105. The van der Waals surface area contributed by atoms with Gasteiger partial charge in [-0.25, -0.2) is 8.42 Å². The molecule has 1 aromatic carbocycles. The zero-order valence-corrected chi connectivity index (χ0v) is 11.6. The van der Waals surface area contributed by atoms with Gasteiger partial charge >= 0.3 is 5.97 Å². The van der Waals surface area contributed by atoms with E-state index in [4.69, 9.17) is 9.47 Å². The Hall–Kier alpha value is -1.80. The maximum Gasteiger partial charge on any atom is 0.320 e. The molecule has 7 nitrogen and oxygen atoms in total. The molecule has 1 rings (SSSR count). The third-order valence-electron chi connectivity index (χ3n) is 2.29. The normalized spacial score (nSPS) is 10.9. The lowest BCUT2D eigenvalue weighted by Crippen LogP contribution is -2.30. The van der Waals surface area contributed by atoms with Gasteiger partial charge in [0.15, 0.2) is 0 Å². The summed E-state index contributed by atoms with van der Waals surface area (Å²) in [6, 6.07) is 4.25. The van der Waals surface area contributed by atoms with Crippen LogP contribution in [0.15, 0.2) is 23.1 Å². The summed E-state index contributed by atoms with van der Waals surface area (Å²) in [6.45, 7) is -0.450. The zero-order valence-electron chi connectivity index (χ0n) is 10.8. The monoisotopic (exact) mass is 289 g/mol.